The van der Waals surface area contributed by atoms with Gasteiger partial charge in [-0.3, -0.25) is 0 Å². The highest BCUT2D eigenvalue weighted by molar-refractivity contribution is 6.26. The van der Waals surface area contributed by atoms with Gasteiger partial charge in [0.25, 0.3) is 0 Å². The van der Waals surface area contributed by atoms with Gasteiger partial charge in [0.05, 0.1) is 0 Å². The maximum absolute atomic E-state index is 2.45. The Balaban J connectivity index is 0.767. The van der Waals surface area contributed by atoms with Crippen LogP contribution in [0.2, 0.25) is 0 Å². The van der Waals surface area contributed by atoms with Crippen LogP contribution in [0.25, 0.3) is 142 Å². The molecule has 0 nitrogen and oxygen atoms in total. The molecule has 14 aromatic rings. The number of fused-ring (bicyclic) bond motifs is 17. The minimum atomic E-state index is -0.0311. The van der Waals surface area contributed by atoms with Crippen LogP contribution in [0.15, 0.2) is 243 Å². The summed E-state index contributed by atoms with van der Waals surface area (Å²) in [5.74, 6) is 0. The van der Waals surface area contributed by atoms with Crippen molar-refractivity contribution in [2.45, 2.75) is 38.5 Å². The van der Waals surface area contributed by atoms with Crippen LogP contribution >= 0.6 is 0 Å². The fourth-order valence-electron chi connectivity index (χ4n) is 14.1. The zero-order valence-electron chi connectivity index (χ0n) is 43.1. The lowest BCUT2D eigenvalue weighted by Gasteiger charge is -2.22. The maximum atomic E-state index is 2.45. The largest absolute Gasteiger partial charge is 0.0619 e. The van der Waals surface area contributed by atoms with E-state index in [4.69, 9.17) is 0 Å². The van der Waals surface area contributed by atoms with Crippen LogP contribution in [0.1, 0.15) is 49.9 Å². The summed E-state index contributed by atoms with van der Waals surface area (Å²) in [4.78, 5) is 0. The Bertz CT molecular complexity index is 4560. The van der Waals surface area contributed by atoms with Gasteiger partial charge in [-0.05, 0) is 213 Å². The third-order valence-electron chi connectivity index (χ3n) is 18.0. The second-order valence-electron chi connectivity index (χ2n) is 22.8. The molecule has 0 unspecified atom stereocenters. The Morgan fingerprint density at radius 2 is 0.513 bits per heavy atom. The monoisotopic (exact) mass is 964 g/mol. The van der Waals surface area contributed by atoms with E-state index in [2.05, 4.69) is 270 Å². The number of benzene rings is 14. The van der Waals surface area contributed by atoms with Crippen molar-refractivity contribution in [1.82, 2.24) is 0 Å². The maximum Gasteiger partial charge on any atom is 0.0159 e. The van der Waals surface area contributed by atoms with Gasteiger partial charge in [-0.25, -0.2) is 0 Å². The van der Waals surface area contributed by atoms with Crippen LogP contribution in [-0.2, 0) is 10.8 Å². The second-order valence-corrected chi connectivity index (χ2v) is 22.8. The first-order chi connectivity index (χ1) is 37.2. The van der Waals surface area contributed by atoms with Crippen molar-refractivity contribution < 1.29 is 0 Å². The molecule has 0 amide bonds. The van der Waals surface area contributed by atoms with E-state index >= 15 is 0 Å². The van der Waals surface area contributed by atoms with Crippen molar-refractivity contribution >= 4 is 75.4 Å². The zero-order chi connectivity index (χ0) is 50.6. The number of hydrogen-bond donors (Lipinski definition) is 0. The van der Waals surface area contributed by atoms with Crippen molar-refractivity contribution in [3.8, 4) is 66.8 Å². The Hall–Kier alpha value is -9.10. The third-order valence-corrected chi connectivity index (χ3v) is 18.0. The molecule has 0 spiro atoms. The van der Waals surface area contributed by atoms with E-state index in [1.807, 2.05) is 0 Å². The fraction of sp³-hybridized carbons (Fsp3) is 0.0789. The lowest BCUT2D eigenvalue weighted by atomic mass is 9.81. The molecule has 0 saturated heterocycles. The summed E-state index contributed by atoms with van der Waals surface area (Å²) < 4.78 is 0. The first-order valence-electron chi connectivity index (χ1n) is 27.0. The second kappa shape index (κ2) is 15.7. The third kappa shape index (κ3) is 6.19. The van der Waals surface area contributed by atoms with Crippen molar-refractivity contribution in [3.63, 3.8) is 0 Å². The molecule has 0 fully saturated rings. The summed E-state index contributed by atoms with van der Waals surface area (Å²) in [7, 11) is 0. The fourth-order valence-corrected chi connectivity index (χ4v) is 14.1. The van der Waals surface area contributed by atoms with E-state index in [0.29, 0.717) is 0 Å². The van der Waals surface area contributed by atoms with E-state index in [-0.39, 0.29) is 10.8 Å². The highest BCUT2D eigenvalue weighted by Crippen LogP contribution is 2.52. The summed E-state index contributed by atoms with van der Waals surface area (Å²) in [6.07, 6.45) is 0. The Morgan fingerprint density at radius 1 is 0.197 bits per heavy atom. The number of rotatable bonds is 4. The van der Waals surface area contributed by atoms with Crippen LogP contribution in [-0.4, -0.2) is 0 Å². The number of hydrogen-bond acceptors (Lipinski definition) is 0. The molecule has 356 valence electrons. The minimum absolute atomic E-state index is 0.0311. The van der Waals surface area contributed by atoms with E-state index in [1.54, 1.807) is 0 Å². The molecule has 0 heterocycles. The molecule has 0 aliphatic heterocycles. The average molecular weight is 965 g/mol. The molecule has 14 aromatic carbocycles. The summed E-state index contributed by atoms with van der Waals surface area (Å²) in [5, 5.41) is 17.8. The van der Waals surface area contributed by atoms with Crippen LogP contribution in [0, 0.1) is 0 Å². The normalized spacial score (nSPS) is 14.0. The quantitative estimate of drug-likeness (QED) is 0.154. The highest BCUT2D eigenvalue weighted by atomic mass is 14.4. The lowest BCUT2D eigenvalue weighted by Crippen LogP contribution is -2.14. The minimum Gasteiger partial charge on any atom is -0.0619 e. The summed E-state index contributed by atoms with van der Waals surface area (Å²) in [5.41, 5.74) is 21.0. The molecule has 0 aromatic heterocycles. The van der Waals surface area contributed by atoms with E-state index in [0.717, 1.165) is 0 Å². The summed E-state index contributed by atoms with van der Waals surface area (Å²) in [6, 6.07) is 92.3. The van der Waals surface area contributed by atoms with Gasteiger partial charge in [-0.2, -0.15) is 0 Å². The molecular formula is C76H52. The highest BCUT2D eigenvalue weighted by Gasteiger charge is 2.36. The van der Waals surface area contributed by atoms with Crippen molar-refractivity contribution in [3.05, 3.63) is 265 Å². The molecule has 0 atom stereocenters. The summed E-state index contributed by atoms with van der Waals surface area (Å²) >= 11 is 0. The van der Waals surface area contributed by atoms with Gasteiger partial charge in [0.2, 0.25) is 0 Å². The van der Waals surface area contributed by atoms with Crippen molar-refractivity contribution in [2.75, 3.05) is 0 Å². The van der Waals surface area contributed by atoms with Gasteiger partial charge in [-0.15, -0.1) is 0 Å². The first kappa shape index (κ1) is 43.3. The topological polar surface area (TPSA) is 0 Å². The Labute approximate surface area is 443 Å². The average Bonchev–Trinajstić information content (AvgIpc) is 3.87. The van der Waals surface area contributed by atoms with Gasteiger partial charge in [0.15, 0.2) is 0 Å². The molecule has 0 N–H and O–H groups in total. The van der Waals surface area contributed by atoms with Crippen LogP contribution < -0.4 is 0 Å². The first-order valence-corrected chi connectivity index (χ1v) is 27.0. The van der Waals surface area contributed by atoms with E-state index < -0.39 is 0 Å². The summed E-state index contributed by atoms with van der Waals surface area (Å²) in [6.45, 7) is 9.44. The van der Waals surface area contributed by atoms with Crippen LogP contribution in [0.4, 0.5) is 0 Å². The molecule has 76 heavy (non-hydrogen) atoms. The smallest absolute Gasteiger partial charge is 0.0159 e. The van der Waals surface area contributed by atoms with Gasteiger partial charge in [0.1, 0.15) is 0 Å². The van der Waals surface area contributed by atoms with Gasteiger partial charge >= 0.3 is 0 Å². The van der Waals surface area contributed by atoms with Crippen LogP contribution in [0.3, 0.4) is 0 Å². The van der Waals surface area contributed by atoms with Gasteiger partial charge in [-0.1, -0.05) is 222 Å². The molecular weight excluding hydrogens is 913 g/mol. The van der Waals surface area contributed by atoms with Gasteiger partial charge in [0, 0.05) is 10.8 Å². The predicted molar refractivity (Wildman–Crippen MR) is 326 cm³/mol. The SMILES string of the molecule is CC1(C)c2ccccc2-c2ccc(-c3ccc4c(ccc5cc(-c6cc7cc(-c8ccc9c(ccc%10cc(-c%11ccc%12c(c%11)C(C)(C)c%11ccccc%11-%12)ccc%109)c8)c8ccccc8c7c7ccccc67)ccc54)c3)cc21. The van der Waals surface area contributed by atoms with Crippen LogP contribution in [0.5, 0.6) is 0 Å². The molecule has 0 saturated carbocycles. The molecule has 0 radical (unpaired) electrons. The molecule has 0 heteroatoms. The molecule has 0 bridgehead atoms. The zero-order valence-corrected chi connectivity index (χ0v) is 43.1. The lowest BCUT2D eigenvalue weighted by molar-refractivity contribution is 0.660. The van der Waals surface area contributed by atoms with E-state index in [9.17, 15) is 0 Å². The standard InChI is InChI=1S/C76H52/c1-75(2)70-19-11-9-15-62(70)64-35-27-47(43-72(64)75)45-25-31-56-49(37-45)21-23-51-39-53(29-33-58(51)56)68-41-55-42-69(61-14-6-8-18-67(61)74(55)66-17-7-5-13-60(66)68)54-30-34-59-52(40-54)24-22-50-38-46(26-32-57(50)59)48-28-36-65-63-16-10-12-20-71(63)76(3,4)73(65)44-48/h5-44H,1-4H3. The molecule has 16 rings (SSSR count). The van der Waals surface area contributed by atoms with Crippen molar-refractivity contribution in [2.24, 2.45) is 0 Å². The Morgan fingerprint density at radius 3 is 0.934 bits per heavy atom. The molecule has 2 aliphatic rings. The molecule has 2 aliphatic carbocycles. The Kier molecular flexibility index (Phi) is 8.96. The van der Waals surface area contributed by atoms with Crippen molar-refractivity contribution in [1.29, 1.82) is 0 Å². The van der Waals surface area contributed by atoms with Gasteiger partial charge < -0.3 is 0 Å². The van der Waals surface area contributed by atoms with E-state index in [1.165, 1.54) is 164 Å². The predicted octanol–water partition coefficient (Wildman–Crippen LogP) is 21.0.